The zero-order chi connectivity index (χ0) is 8.43. The van der Waals surface area contributed by atoms with Crippen LogP contribution in [0.1, 0.15) is 23.5 Å². The van der Waals surface area contributed by atoms with Gasteiger partial charge in [-0.3, -0.25) is 4.79 Å². The number of ketones is 1. The molecule has 1 aromatic heterocycles. The minimum atomic E-state index is 0.0630. The molecule has 0 atom stereocenters. The van der Waals surface area contributed by atoms with E-state index in [2.05, 4.69) is 0 Å². The monoisotopic (exact) mass is 169 g/mol. The van der Waals surface area contributed by atoms with Crippen LogP contribution in [0, 0.1) is 5.92 Å². The van der Waals surface area contributed by atoms with Crippen molar-refractivity contribution in [2.24, 2.45) is 5.92 Å². The topological polar surface area (TPSA) is 43.1 Å². The Morgan fingerprint density at radius 3 is 2.64 bits per heavy atom. The Morgan fingerprint density at radius 2 is 2.27 bits per heavy atom. The Hall–Kier alpha value is -0.830. The van der Waals surface area contributed by atoms with Gasteiger partial charge < -0.3 is 5.73 Å². The van der Waals surface area contributed by atoms with Crippen molar-refractivity contribution in [1.82, 2.24) is 0 Å². The van der Waals surface area contributed by atoms with Crippen molar-refractivity contribution < 1.29 is 4.79 Å². The molecule has 0 spiro atoms. The molecule has 0 bridgehead atoms. The SMILES string of the molecule is CC(C)C(=O)c1cc(N)cs1. The highest BCUT2D eigenvalue weighted by atomic mass is 32.1. The molecule has 11 heavy (non-hydrogen) atoms. The Morgan fingerprint density at radius 1 is 1.64 bits per heavy atom. The van der Waals surface area contributed by atoms with E-state index in [4.69, 9.17) is 5.73 Å². The highest BCUT2D eigenvalue weighted by Gasteiger charge is 2.11. The lowest BCUT2D eigenvalue weighted by molar-refractivity contribution is 0.0943. The first-order valence-corrected chi connectivity index (χ1v) is 4.37. The molecular formula is C8H11NOS. The van der Waals surface area contributed by atoms with E-state index < -0.39 is 0 Å². The van der Waals surface area contributed by atoms with E-state index in [-0.39, 0.29) is 11.7 Å². The minimum Gasteiger partial charge on any atom is -0.398 e. The number of rotatable bonds is 2. The van der Waals surface area contributed by atoms with Gasteiger partial charge in [0.05, 0.1) is 4.88 Å². The first kappa shape index (κ1) is 8.27. The highest BCUT2D eigenvalue weighted by molar-refractivity contribution is 7.12. The molecule has 1 rings (SSSR count). The van der Waals surface area contributed by atoms with Crippen LogP contribution < -0.4 is 5.73 Å². The van der Waals surface area contributed by atoms with Gasteiger partial charge in [0.1, 0.15) is 0 Å². The van der Waals surface area contributed by atoms with Crippen molar-refractivity contribution in [2.75, 3.05) is 5.73 Å². The molecule has 1 aromatic rings. The van der Waals surface area contributed by atoms with Gasteiger partial charge in [-0.25, -0.2) is 0 Å². The predicted octanol–water partition coefficient (Wildman–Crippen LogP) is 2.17. The maximum Gasteiger partial charge on any atom is 0.175 e. The van der Waals surface area contributed by atoms with Gasteiger partial charge in [0.15, 0.2) is 5.78 Å². The summed E-state index contributed by atoms with van der Waals surface area (Å²) in [5.41, 5.74) is 6.15. The molecule has 0 aliphatic rings. The molecule has 60 valence electrons. The van der Waals surface area contributed by atoms with E-state index >= 15 is 0 Å². The lowest BCUT2D eigenvalue weighted by Gasteiger charge is -1.98. The molecule has 2 nitrogen and oxygen atoms in total. The number of Topliss-reactive ketones (excluding diaryl/α,β-unsaturated/α-hetero) is 1. The van der Waals surface area contributed by atoms with Gasteiger partial charge in [-0.05, 0) is 6.07 Å². The van der Waals surface area contributed by atoms with Crippen LogP contribution in [0.2, 0.25) is 0 Å². The summed E-state index contributed by atoms with van der Waals surface area (Å²) in [6, 6.07) is 1.73. The fourth-order valence-corrected chi connectivity index (χ4v) is 1.65. The second kappa shape index (κ2) is 3.05. The van der Waals surface area contributed by atoms with Crippen molar-refractivity contribution >= 4 is 22.8 Å². The maximum atomic E-state index is 11.3. The van der Waals surface area contributed by atoms with E-state index in [1.165, 1.54) is 11.3 Å². The number of thiophene rings is 1. The first-order valence-electron chi connectivity index (χ1n) is 3.49. The van der Waals surface area contributed by atoms with Crippen molar-refractivity contribution in [2.45, 2.75) is 13.8 Å². The van der Waals surface area contributed by atoms with Gasteiger partial charge in [-0.1, -0.05) is 13.8 Å². The smallest absolute Gasteiger partial charge is 0.175 e. The Kier molecular flexibility index (Phi) is 2.29. The van der Waals surface area contributed by atoms with Crippen molar-refractivity contribution in [3.05, 3.63) is 16.3 Å². The Balaban J connectivity index is 2.85. The molecule has 0 radical (unpaired) electrons. The fourth-order valence-electron chi connectivity index (χ4n) is 0.765. The third-order valence-electron chi connectivity index (χ3n) is 1.39. The summed E-state index contributed by atoms with van der Waals surface area (Å²) in [4.78, 5) is 12.1. The van der Waals surface area contributed by atoms with Crippen LogP contribution in [0.3, 0.4) is 0 Å². The van der Waals surface area contributed by atoms with Gasteiger partial charge in [0.25, 0.3) is 0 Å². The van der Waals surface area contributed by atoms with Crippen LogP contribution in [0.25, 0.3) is 0 Å². The maximum absolute atomic E-state index is 11.3. The molecule has 0 unspecified atom stereocenters. The predicted molar refractivity (Wildman–Crippen MR) is 47.9 cm³/mol. The van der Waals surface area contributed by atoms with E-state index in [9.17, 15) is 4.79 Å². The lowest BCUT2D eigenvalue weighted by Crippen LogP contribution is -2.04. The van der Waals surface area contributed by atoms with E-state index in [0.29, 0.717) is 5.69 Å². The molecule has 0 aliphatic heterocycles. The van der Waals surface area contributed by atoms with Crippen LogP contribution in [-0.4, -0.2) is 5.78 Å². The summed E-state index contributed by atoms with van der Waals surface area (Å²) >= 11 is 1.41. The second-order valence-corrected chi connectivity index (χ2v) is 3.67. The molecular weight excluding hydrogens is 158 g/mol. The van der Waals surface area contributed by atoms with Crippen LogP contribution >= 0.6 is 11.3 Å². The summed E-state index contributed by atoms with van der Waals surface area (Å²) in [7, 11) is 0. The summed E-state index contributed by atoms with van der Waals surface area (Å²) in [6.45, 7) is 3.77. The molecule has 0 aromatic carbocycles. The number of nitrogen functional groups attached to an aromatic ring is 1. The van der Waals surface area contributed by atoms with Crippen molar-refractivity contribution in [1.29, 1.82) is 0 Å². The third kappa shape index (κ3) is 1.80. The van der Waals surface area contributed by atoms with Crippen molar-refractivity contribution in [3.8, 4) is 0 Å². The Labute approximate surface area is 70.0 Å². The van der Waals surface area contributed by atoms with Gasteiger partial charge in [0, 0.05) is 17.0 Å². The van der Waals surface area contributed by atoms with Crippen LogP contribution in [0.5, 0.6) is 0 Å². The van der Waals surface area contributed by atoms with Crippen LogP contribution in [0.4, 0.5) is 5.69 Å². The van der Waals surface area contributed by atoms with Crippen molar-refractivity contribution in [3.63, 3.8) is 0 Å². The number of carbonyl (C=O) groups is 1. The summed E-state index contributed by atoms with van der Waals surface area (Å²) in [5, 5.41) is 1.79. The molecule has 0 saturated carbocycles. The Bertz CT molecular complexity index is 265. The molecule has 0 saturated heterocycles. The molecule has 3 heteroatoms. The average molecular weight is 169 g/mol. The minimum absolute atomic E-state index is 0.0630. The van der Waals surface area contributed by atoms with E-state index in [1.807, 2.05) is 13.8 Å². The van der Waals surface area contributed by atoms with Crippen LogP contribution in [-0.2, 0) is 0 Å². The molecule has 1 heterocycles. The summed E-state index contributed by atoms with van der Waals surface area (Å²) in [6.07, 6.45) is 0. The number of hydrogen-bond donors (Lipinski definition) is 1. The van der Waals surface area contributed by atoms with Gasteiger partial charge in [-0.15, -0.1) is 11.3 Å². The normalized spacial score (nSPS) is 10.5. The van der Waals surface area contributed by atoms with E-state index in [0.717, 1.165) is 4.88 Å². The highest BCUT2D eigenvalue weighted by Crippen LogP contribution is 2.19. The number of carbonyl (C=O) groups excluding carboxylic acids is 1. The van der Waals surface area contributed by atoms with Gasteiger partial charge >= 0.3 is 0 Å². The van der Waals surface area contributed by atoms with Gasteiger partial charge in [-0.2, -0.15) is 0 Å². The number of hydrogen-bond acceptors (Lipinski definition) is 3. The lowest BCUT2D eigenvalue weighted by atomic mass is 10.1. The summed E-state index contributed by atoms with van der Waals surface area (Å²) in [5.74, 6) is 0.236. The van der Waals surface area contributed by atoms with Crippen LogP contribution in [0.15, 0.2) is 11.4 Å². The average Bonchev–Trinajstić information content (AvgIpc) is 2.34. The second-order valence-electron chi connectivity index (χ2n) is 2.76. The largest absolute Gasteiger partial charge is 0.398 e. The molecule has 0 amide bonds. The first-order chi connectivity index (χ1) is 5.11. The zero-order valence-electron chi connectivity index (χ0n) is 6.63. The molecule has 2 N–H and O–H groups in total. The third-order valence-corrected chi connectivity index (χ3v) is 2.35. The summed E-state index contributed by atoms with van der Waals surface area (Å²) < 4.78 is 0. The van der Waals surface area contributed by atoms with Gasteiger partial charge in [0.2, 0.25) is 0 Å². The molecule has 0 fully saturated rings. The number of nitrogens with two attached hydrogens (primary N) is 1. The zero-order valence-corrected chi connectivity index (χ0v) is 7.44. The number of anilines is 1. The molecule has 0 aliphatic carbocycles. The van der Waals surface area contributed by atoms with E-state index in [1.54, 1.807) is 11.4 Å². The fraction of sp³-hybridized carbons (Fsp3) is 0.375. The quantitative estimate of drug-likeness (QED) is 0.689. The standard InChI is InChI=1S/C8H11NOS/c1-5(2)8(10)7-3-6(9)4-11-7/h3-5H,9H2,1-2H3.